The third-order valence-corrected chi connectivity index (χ3v) is 5.13. The molecule has 134 valence electrons. The highest BCUT2D eigenvalue weighted by Gasteiger charge is 2.15. The minimum absolute atomic E-state index is 0.123. The maximum absolute atomic E-state index is 13.3. The highest BCUT2D eigenvalue weighted by molar-refractivity contribution is 7.09. The number of hydrogen-bond acceptors (Lipinski definition) is 4. The first-order valence-corrected chi connectivity index (χ1v) is 9.23. The Morgan fingerprint density at radius 3 is 2.69 bits per heavy atom. The number of aromatic nitrogens is 2. The van der Waals surface area contributed by atoms with Crippen molar-refractivity contribution in [2.45, 2.75) is 26.3 Å². The standard InChI is InChI=1S/C20H20FN3OS/c1-13(2)19-23-17(12-26-19)11-24(3)20(25)15-7-8-18(22-10-15)14-5-4-6-16(21)9-14/h4-10,12-13H,11H2,1-3H3. The number of amides is 1. The maximum Gasteiger partial charge on any atom is 0.255 e. The first-order chi connectivity index (χ1) is 12.4. The second kappa shape index (κ2) is 7.74. The smallest absolute Gasteiger partial charge is 0.255 e. The summed E-state index contributed by atoms with van der Waals surface area (Å²) in [6, 6.07) is 9.68. The molecule has 0 spiro atoms. The second-order valence-electron chi connectivity index (χ2n) is 6.44. The Bertz CT molecular complexity index is 905. The molecule has 0 unspecified atom stereocenters. The lowest BCUT2D eigenvalue weighted by molar-refractivity contribution is 0.0783. The number of halogens is 1. The van der Waals surface area contributed by atoms with Crippen LogP contribution < -0.4 is 0 Å². The molecule has 2 aromatic heterocycles. The van der Waals surface area contributed by atoms with Crippen LogP contribution in [0.2, 0.25) is 0 Å². The van der Waals surface area contributed by atoms with Crippen LogP contribution >= 0.6 is 11.3 Å². The van der Waals surface area contributed by atoms with Crippen molar-refractivity contribution in [1.29, 1.82) is 0 Å². The fourth-order valence-electron chi connectivity index (χ4n) is 2.53. The summed E-state index contributed by atoms with van der Waals surface area (Å²) in [5.74, 6) is -0.0510. The molecular formula is C20H20FN3OS. The Balaban J connectivity index is 1.70. The molecule has 1 amide bonds. The van der Waals surface area contributed by atoms with E-state index in [-0.39, 0.29) is 11.7 Å². The van der Waals surface area contributed by atoms with E-state index in [0.717, 1.165) is 10.7 Å². The number of rotatable bonds is 5. The van der Waals surface area contributed by atoms with Crippen molar-refractivity contribution in [3.63, 3.8) is 0 Å². The molecule has 0 bridgehead atoms. The maximum atomic E-state index is 13.3. The van der Waals surface area contributed by atoms with Gasteiger partial charge in [0.1, 0.15) is 5.82 Å². The van der Waals surface area contributed by atoms with Gasteiger partial charge in [-0.05, 0) is 24.3 Å². The summed E-state index contributed by atoms with van der Waals surface area (Å²) in [5, 5.41) is 3.06. The summed E-state index contributed by atoms with van der Waals surface area (Å²) in [4.78, 5) is 23.1. The predicted octanol–water partition coefficient (Wildman–Crippen LogP) is 4.74. The van der Waals surface area contributed by atoms with E-state index in [9.17, 15) is 9.18 Å². The zero-order chi connectivity index (χ0) is 18.7. The molecule has 0 N–H and O–H groups in total. The second-order valence-corrected chi connectivity index (χ2v) is 7.33. The van der Waals surface area contributed by atoms with Crippen LogP contribution in [0.5, 0.6) is 0 Å². The minimum Gasteiger partial charge on any atom is -0.336 e. The fourth-order valence-corrected chi connectivity index (χ4v) is 3.36. The number of hydrogen-bond donors (Lipinski definition) is 0. The van der Waals surface area contributed by atoms with Gasteiger partial charge in [-0.3, -0.25) is 9.78 Å². The number of nitrogens with zero attached hydrogens (tertiary/aromatic N) is 3. The van der Waals surface area contributed by atoms with Gasteiger partial charge in [-0.2, -0.15) is 0 Å². The summed E-state index contributed by atoms with van der Waals surface area (Å²) in [6.07, 6.45) is 1.53. The van der Waals surface area contributed by atoms with Crippen LogP contribution in [0.4, 0.5) is 4.39 Å². The van der Waals surface area contributed by atoms with E-state index in [2.05, 4.69) is 23.8 Å². The van der Waals surface area contributed by atoms with E-state index in [1.54, 1.807) is 47.5 Å². The van der Waals surface area contributed by atoms with Gasteiger partial charge in [-0.25, -0.2) is 9.37 Å². The molecule has 0 saturated carbocycles. The Morgan fingerprint density at radius 2 is 2.08 bits per heavy atom. The number of carbonyl (C=O) groups excluding carboxylic acids is 1. The van der Waals surface area contributed by atoms with Gasteiger partial charge in [0.25, 0.3) is 5.91 Å². The van der Waals surface area contributed by atoms with Crippen molar-refractivity contribution in [2.24, 2.45) is 0 Å². The van der Waals surface area contributed by atoms with Gasteiger partial charge in [-0.15, -0.1) is 11.3 Å². The summed E-state index contributed by atoms with van der Waals surface area (Å²) in [5.41, 5.74) is 2.69. The molecular weight excluding hydrogens is 349 g/mol. The zero-order valence-electron chi connectivity index (χ0n) is 14.9. The largest absolute Gasteiger partial charge is 0.336 e. The lowest BCUT2D eigenvalue weighted by Crippen LogP contribution is -2.26. The van der Waals surface area contributed by atoms with Crippen molar-refractivity contribution in [2.75, 3.05) is 7.05 Å². The molecule has 2 heterocycles. The van der Waals surface area contributed by atoms with Crippen LogP contribution in [0.3, 0.4) is 0 Å². The van der Waals surface area contributed by atoms with Gasteiger partial charge >= 0.3 is 0 Å². The molecule has 3 aromatic rings. The molecule has 0 aliphatic rings. The summed E-state index contributed by atoms with van der Waals surface area (Å²) < 4.78 is 13.3. The van der Waals surface area contributed by atoms with Crippen molar-refractivity contribution in [3.05, 3.63) is 70.1 Å². The molecule has 4 nitrogen and oxygen atoms in total. The molecule has 0 atom stereocenters. The molecule has 0 radical (unpaired) electrons. The van der Waals surface area contributed by atoms with E-state index in [1.807, 2.05) is 5.38 Å². The van der Waals surface area contributed by atoms with Crippen LogP contribution in [0.1, 0.15) is 40.8 Å². The van der Waals surface area contributed by atoms with E-state index >= 15 is 0 Å². The quantitative estimate of drug-likeness (QED) is 0.652. The molecule has 0 fully saturated rings. The van der Waals surface area contributed by atoms with Gasteiger partial charge in [0.15, 0.2) is 0 Å². The molecule has 0 aliphatic heterocycles. The molecule has 1 aromatic carbocycles. The summed E-state index contributed by atoms with van der Waals surface area (Å²) >= 11 is 1.62. The SMILES string of the molecule is CC(C)c1nc(CN(C)C(=O)c2ccc(-c3cccc(F)c3)nc2)cs1. The number of benzene rings is 1. The Morgan fingerprint density at radius 1 is 1.27 bits per heavy atom. The first kappa shape index (κ1) is 18.2. The van der Waals surface area contributed by atoms with Crippen molar-refractivity contribution in [1.82, 2.24) is 14.9 Å². The van der Waals surface area contributed by atoms with Gasteiger partial charge in [-0.1, -0.05) is 26.0 Å². The third-order valence-electron chi connectivity index (χ3n) is 3.94. The Hall–Kier alpha value is -2.60. The molecule has 0 aliphatic carbocycles. The van der Waals surface area contributed by atoms with Gasteiger partial charge in [0, 0.05) is 30.1 Å². The molecule has 26 heavy (non-hydrogen) atoms. The van der Waals surface area contributed by atoms with E-state index < -0.39 is 0 Å². The third kappa shape index (κ3) is 4.14. The van der Waals surface area contributed by atoms with Crippen molar-refractivity contribution in [3.8, 4) is 11.3 Å². The van der Waals surface area contributed by atoms with Gasteiger partial charge in [0.2, 0.25) is 0 Å². The lowest BCUT2D eigenvalue weighted by Gasteiger charge is -2.16. The number of pyridine rings is 1. The van der Waals surface area contributed by atoms with Gasteiger partial charge in [0.05, 0.1) is 28.5 Å². The monoisotopic (exact) mass is 369 g/mol. The molecule has 6 heteroatoms. The highest BCUT2D eigenvalue weighted by atomic mass is 32.1. The number of carbonyl (C=O) groups is 1. The summed E-state index contributed by atoms with van der Waals surface area (Å²) in [7, 11) is 1.75. The van der Waals surface area contributed by atoms with Crippen LogP contribution in [0.25, 0.3) is 11.3 Å². The fraction of sp³-hybridized carbons (Fsp3) is 0.250. The first-order valence-electron chi connectivity index (χ1n) is 8.36. The average Bonchev–Trinajstić information content (AvgIpc) is 3.10. The number of thiazole rings is 1. The topological polar surface area (TPSA) is 46.1 Å². The van der Waals surface area contributed by atoms with E-state index in [4.69, 9.17) is 0 Å². The van der Waals surface area contributed by atoms with E-state index in [1.165, 1.54) is 18.3 Å². The molecule has 0 saturated heterocycles. The molecule has 3 rings (SSSR count). The minimum atomic E-state index is -0.312. The average molecular weight is 369 g/mol. The summed E-state index contributed by atoms with van der Waals surface area (Å²) in [6.45, 7) is 4.65. The van der Waals surface area contributed by atoms with Crippen molar-refractivity contribution < 1.29 is 9.18 Å². The lowest BCUT2D eigenvalue weighted by atomic mass is 10.1. The van der Waals surface area contributed by atoms with Crippen LogP contribution in [0.15, 0.2) is 48.0 Å². The predicted molar refractivity (Wildman–Crippen MR) is 102 cm³/mol. The normalized spacial score (nSPS) is 11.0. The Labute approximate surface area is 156 Å². The van der Waals surface area contributed by atoms with Crippen LogP contribution in [0, 0.1) is 5.82 Å². The highest BCUT2D eigenvalue weighted by Crippen LogP contribution is 2.21. The zero-order valence-corrected chi connectivity index (χ0v) is 15.8. The van der Waals surface area contributed by atoms with Crippen LogP contribution in [-0.2, 0) is 6.54 Å². The van der Waals surface area contributed by atoms with E-state index in [0.29, 0.717) is 29.3 Å². The van der Waals surface area contributed by atoms with Crippen LogP contribution in [-0.4, -0.2) is 27.8 Å². The Kier molecular flexibility index (Phi) is 5.42. The van der Waals surface area contributed by atoms with Gasteiger partial charge < -0.3 is 4.90 Å². The van der Waals surface area contributed by atoms with Crippen molar-refractivity contribution >= 4 is 17.2 Å².